The van der Waals surface area contributed by atoms with Crippen molar-refractivity contribution in [1.82, 2.24) is 30.0 Å². The van der Waals surface area contributed by atoms with Gasteiger partial charge in [0, 0.05) is 30.7 Å². The van der Waals surface area contributed by atoms with Crippen LogP contribution >= 0.6 is 11.3 Å². The Morgan fingerprint density at radius 1 is 1.32 bits per heavy atom. The Balaban J connectivity index is 1.52. The molecule has 3 aromatic heterocycles. The molecule has 0 aliphatic carbocycles. The van der Waals surface area contributed by atoms with Gasteiger partial charge in [-0.25, -0.2) is 19.7 Å². The summed E-state index contributed by atoms with van der Waals surface area (Å²) in [5, 5.41) is 35.3. The van der Waals surface area contributed by atoms with Crippen LogP contribution in [0.3, 0.4) is 0 Å². The number of thiazole rings is 1. The number of amides is 1. The molecule has 0 spiro atoms. The minimum atomic E-state index is -0.961. The van der Waals surface area contributed by atoms with E-state index in [0.717, 1.165) is 0 Å². The fraction of sp³-hybridized carbons (Fsp3) is 0.278. The highest BCUT2D eigenvalue weighted by Gasteiger charge is 2.24. The van der Waals surface area contributed by atoms with Gasteiger partial charge in [0.2, 0.25) is 0 Å². The van der Waals surface area contributed by atoms with Gasteiger partial charge < -0.3 is 25.4 Å². The van der Waals surface area contributed by atoms with E-state index in [1.54, 1.807) is 12.3 Å². The molecule has 4 rings (SSSR count). The number of anilines is 3. The number of rotatable bonds is 6. The quantitative estimate of drug-likeness (QED) is 0.513. The molecule has 1 unspecified atom stereocenters. The Bertz CT molecular complexity index is 1090. The summed E-state index contributed by atoms with van der Waals surface area (Å²) in [7, 11) is 0. The number of hydrogen-bond acceptors (Lipinski definition) is 11. The van der Waals surface area contributed by atoms with Crippen LogP contribution in [0.1, 0.15) is 5.69 Å². The highest BCUT2D eigenvalue weighted by Crippen LogP contribution is 2.29. The van der Waals surface area contributed by atoms with Crippen molar-refractivity contribution in [1.29, 1.82) is 5.26 Å². The van der Waals surface area contributed by atoms with E-state index < -0.39 is 6.09 Å². The second kappa shape index (κ2) is 9.28. The lowest BCUT2D eigenvalue weighted by Gasteiger charge is -2.31. The third-order valence-corrected chi connectivity index (χ3v) is 5.16. The Morgan fingerprint density at radius 3 is 2.94 bits per heavy atom. The van der Waals surface area contributed by atoms with Gasteiger partial charge in [-0.05, 0) is 0 Å². The summed E-state index contributed by atoms with van der Waals surface area (Å²) < 4.78 is 5.68. The van der Waals surface area contributed by atoms with Crippen LogP contribution in [-0.4, -0.2) is 73.6 Å². The number of nitrogens with one attached hydrogen (secondary N) is 2. The Hall–Kier alpha value is -3.89. The molecule has 0 aromatic carbocycles. The standard InChI is InChI=1S/C18H17N9O3S/c19-6-11-7-23-15(9-21-11)24-14-5-13(16(26-25-14)17-20-1-4-31-17)22-8-12-10-27(18(28)29)2-3-30-12/h1,4-5,7,9,12H,2-3,8,10H2,(H,28,29)(H2,22,23,24,25). The number of carbonyl (C=O) groups is 1. The summed E-state index contributed by atoms with van der Waals surface area (Å²) in [6.45, 7) is 1.35. The van der Waals surface area contributed by atoms with E-state index in [2.05, 4.69) is 35.8 Å². The van der Waals surface area contributed by atoms with Crippen LogP contribution in [0.25, 0.3) is 10.7 Å². The topological polar surface area (TPSA) is 162 Å². The zero-order chi connectivity index (χ0) is 21.6. The third kappa shape index (κ3) is 5.00. The van der Waals surface area contributed by atoms with Crippen molar-refractivity contribution < 1.29 is 14.6 Å². The Morgan fingerprint density at radius 2 is 2.23 bits per heavy atom. The fourth-order valence-corrected chi connectivity index (χ4v) is 3.54. The first-order chi connectivity index (χ1) is 15.1. The highest BCUT2D eigenvalue weighted by molar-refractivity contribution is 7.13. The number of hydrogen-bond donors (Lipinski definition) is 3. The summed E-state index contributed by atoms with van der Waals surface area (Å²) in [5.41, 5.74) is 1.43. The maximum absolute atomic E-state index is 11.2. The molecule has 1 aliphatic heterocycles. The van der Waals surface area contributed by atoms with Gasteiger partial charge >= 0.3 is 6.09 Å². The van der Waals surface area contributed by atoms with Crippen molar-refractivity contribution in [2.45, 2.75) is 6.10 Å². The van der Waals surface area contributed by atoms with Gasteiger partial charge in [-0.1, -0.05) is 0 Å². The van der Waals surface area contributed by atoms with Crippen molar-refractivity contribution in [3.05, 3.63) is 35.7 Å². The summed E-state index contributed by atoms with van der Waals surface area (Å²) in [6.07, 6.45) is 3.20. The van der Waals surface area contributed by atoms with Crippen molar-refractivity contribution >= 4 is 34.8 Å². The molecule has 12 nitrogen and oxygen atoms in total. The molecular weight excluding hydrogens is 422 g/mol. The van der Waals surface area contributed by atoms with Crippen LogP contribution in [0.15, 0.2) is 30.0 Å². The van der Waals surface area contributed by atoms with Gasteiger partial charge in [0.25, 0.3) is 0 Å². The van der Waals surface area contributed by atoms with Gasteiger partial charge in [-0.3, -0.25) is 0 Å². The molecule has 158 valence electrons. The summed E-state index contributed by atoms with van der Waals surface area (Å²) in [4.78, 5) is 24.9. The first-order valence-electron chi connectivity index (χ1n) is 9.22. The maximum atomic E-state index is 11.2. The lowest BCUT2D eigenvalue weighted by molar-refractivity contribution is -0.0147. The van der Waals surface area contributed by atoms with E-state index in [-0.39, 0.29) is 18.3 Å². The molecule has 0 bridgehead atoms. The van der Waals surface area contributed by atoms with E-state index in [1.165, 1.54) is 28.6 Å². The second-order valence-corrected chi connectivity index (χ2v) is 7.35. The summed E-state index contributed by atoms with van der Waals surface area (Å²) in [5.74, 6) is 0.826. The zero-order valence-electron chi connectivity index (χ0n) is 16.1. The number of aromatic nitrogens is 5. The van der Waals surface area contributed by atoms with Crippen LogP contribution in [0.4, 0.5) is 22.1 Å². The molecule has 1 aliphatic rings. The SMILES string of the molecule is N#Cc1cnc(Nc2cc(NCC3CN(C(=O)O)CCO3)c(-c3nccs3)nn2)cn1. The van der Waals surface area contributed by atoms with E-state index in [4.69, 9.17) is 10.00 Å². The van der Waals surface area contributed by atoms with Crippen molar-refractivity contribution in [3.8, 4) is 16.8 Å². The van der Waals surface area contributed by atoms with Gasteiger partial charge in [0.1, 0.15) is 22.6 Å². The molecule has 1 atom stereocenters. The maximum Gasteiger partial charge on any atom is 0.407 e. The summed E-state index contributed by atoms with van der Waals surface area (Å²) in [6, 6.07) is 3.66. The molecule has 0 saturated carbocycles. The first kappa shape index (κ1) is 20.4. The molecule has 1 fully saturated rings. The Labute approximate surface area is 180 Å². The average molecular weight is 439 g/mol. The first-order valence-corrected chi connectivity index (χ1v) is 10.1. The Kier molecular flexibility index (Phi) is 6.11. The molecule has 1 saturated heterocycles. The number of carboxylic acid groups (broad SMARTS) is 1. The number of ether oxygens (including phenoxy) is 1. The van der Waals surface area contributed by atoms with Crippen molar-refractivity contribution in [2.75, 3.05) is 36.9 Å². The third-order valence-electron chi connectivity index (χ3n) is 4.38. The van der Waals surface area contributed by atoms with E-state index in [9.17, 15) is 9.90 Å². The van der Waals surface area contributed by atoms with Crippen LogP contribution in [0.2, 0.25) is 0 Å². The van der Waals surface area contributed by atoms with E-state index in [1.807, 2.05) is 11.4 Å². The lowest BCUT2D eigenvalue weighted by Crippen LogP contribution is -2.47. The van der Waals surface area contributed by atoms with E-state index in [0.29, 0.717) is 47.7 Å². The van der Waals surface area contributed by atoms with Crippen molar-refractivity contribution in [2.24, 2.45) is 0 Å². The molecule has 1 amide bonds. The molecule has 0 radical (unpaired) electrons. The second-order valence-electron chi connectivity index (χ2n) is 6.46. The number of nitriles is 1. The monoisotopic (exact) mass is 439 g/mol. The van der Waals surface area contributed by atoms with Crippen LogP contribution in [0, 0.1) is 11.3 Å². The predicted octanol–water partition coefficient (Wildman–Crippen LogP) is 1.80. The highest BCUT2D eigenvalue weighted by atomic mass is 32.1. The molecule has 3 N–H and O–H groups in total. The van der Waals surface area contributed by atoms with Gasteiger partial charge in [0.15, 0.2) is 11.5 Å². The molecule has 3 aromatic rings. The predicted molar refractivity (Wildman–Crippen MR) is 111 cm³/mol. The molecule has 13 heteroatoms. The van der Waals surface area contributed by atoms with Crippen LogP contribution in [0.5, 0.6) is 0 Å². The van der Waals surface area contributed by atoms with Crippen LogP contribution in [-0.2, 0) is 4.74 Å². The number of nitrogens with zero attached hydrogens (tertiary/aromatic N) is 7. The smallest absolute Gasteiger partial charge is 0.407 e. The van der Waals surface area contributed by atoms with Crippen molar-refractivity contribution in [3.63, 3.8) is 0 Å². The van der Waals surface area contributed by atoms with Gasteiger partial charge in [-0.2, -0.15) is 5.26 Å². The fourth-order valence-electron chi connectivity index (χ4n) is 2.91. The molecule has 4 heterocycles. The summed E-state index contributed by atoms with van der Waals surface area (Å²) >= 11 is 1.43. The average Bonchev–Trinajstić information content (AvgIpc) is 3.33. The van der Waals surface area contributed by atoms with Gasteiger partial charge in [-0.15, -0.1) is 21.5 Å². The zero-order valence-corrected chi connectivity index (χ0v) is 16.9. The minimum Gasteiger partial charge on any atom is -0.465 e. The number of morpholine rings is 1. The van der Waals surface area contributed by atoms with Gasteiger partial charge in [0.05, 0.1) is 37.3 Å². The lowest BCUT2D eigenvalue weighted by atomic mass is 10.2. The van der Waals surface area contributed by atoms with E-state index >= 15 is 0 Å². The normalized spacial score (nSPS) is 15.8. The van der Waals surface area contributed by atoms with Crippen LogP contribution < -0.4 is 10.6 Å². The molecular formula is C18H17N9O3S. The largest absolute Gasteiger partial charge is 0.465 e. The minimum absolute atomic E-state index is 0.209. The molecule has 31 heavy (non-hydrogen) atoms.